The molecule has 1 aromatic rings. The number of hydrogen-bond donors (Lipinski definition) is 1. The van der Waals surface area contributed by atoms with Crippen LogP contribution in [0, 0.1) is 0 Å². The van der Waals surface area contributed by atoms with Crippen molar-refractivity contribution in [1.82, 2.24) is 10.2 Å². The molecule has 0 radical (unpaired) electrons. The van der Waals surface area contributed by atoms with Crippen LogP contribution >= 0.6 is 11.6 Å². The van der Waals surface area contributed by atoms with Gasteiger partial charge in [-0.25, -0.2) is 0 Å². The van der Waals surface area contributed by atoms with Crippen molar-refractivity contribution in [2.75, 3.05) is 13.6 Å². The van der Waals surface area contributed by atoms with Gasteiger partial charge in [0.2, 0.25) is 5.91 Å². The summed E-state index contributed by atoms with van der Waals surface area (Å²) in [6.45, 7) is 5.58. The summed E-state index contributed by atoms with van der Waals surface area (Å²) in [6.07, 6.45) is 1.45. The van der Waals surface area contributed by atoms with E-state index in [0.29, 0.717) is 18.0 Å². The monoisotopic (exact) mass is 282 g/mol. The third-order valence-electron chi connectivity index (χ3n) is 3.00. The van der Waals surface area contributed by atoms with Gasteiger partial charge in [0.1, 0.15) is 0 Å². The van der Waals surface area contributed by atoms with Crippen molar-refractivity contribution in [2.45, 2.75) is 39.3 Å². The van der Waals surface area contributed by atoms with Crippen molar-refractivity contribution in [3.8, 4) is 0 Å². The molecule has 0 fully saturated rings. The van der Waals surface area contributed by atoms with Crippen LogP contribution in [-0.4, -0.2) is 30.4 Å². The van der Waals surface area contributed by atoms with Gasteiger partial charge in [-0.2, -0.15) is 0 Å². The topological polar surface area (TPSA) is 32.3 Å². The highest BCUT2D eigenvalue weighted by Gasteiger charge is 2.16. The Kier molecular flexibility index (Phi) is 6.89. The molecule has 0 aliphatic heterocycles. The molecule has 0 bridgehead atoms. The van der Waals surface area contributed by atoms with E-state index in [4.69, 9.17) is 11.6 Å². The molecule has 4 heteroatoms. The standard InChI is InChI=1S/C15H23ClN2O/c1-12(2)18(15(19)8-5-9-17-3)11-13-6-4-7-14(16)10-13/h4,6-7,10,12,17H,5,8-9,11H2,1-3H3. The van der Waals surface area contributed by atoms with Gasteiger partial charge in [-0.05, 0) is 51.6 Å². The largest absolute Gasteiger partial charge is 0.336 e. The molecule has 1 rings (SSSR count). The average Bonchev–Trinajstić information content (AvgIpc) is 2.36. The molecule has 0 saturated heterocycles. The summed E-state index contributed by atoms with van der Waals surface area (Å²) in [5.74, 6) is 0.199. The molecule has 0 aliphatic rings. The lowest BCUT2D eigenvalue weighted by molar-refractivity contribution is -0.133. The number of rotatable bonds is 7. The van der Waals surface area contributed by atoms with Crippen molar-refractivity contribution in [3.05, 3.63) is 34.9 Å². The van der Waals surface area contributed by atoms with E-state index in [1.165, 1.54) is 0 Å². The van der Waals surface area contributed by atoms with Gasteiger partial charge in [-0.1, -0.05) is 23.7 Å². The normalized spacial score (nSPS) is 10.8. The van der Waals surface area contributed by atoms with E-state index in [-0.39, 0.29) is 11.9 Å². The van der Waals surface area contributed by atoms with Crippen LogP contribution in [0.25, 0.3) is 0 Å². The first-order valence-corrected chi connectivity index (χ1v) is 7.11. The van der Waals surface area contributed by atoms with Gasteiger partial charge in [0, 0.05) is 24.0 Å². The molecule has 0 heterocycles. The van der Waals surface area contributed by atoms with Crippen LogP contribution < -0.4 is 5.32 Å². The van der Waals surface area contributed by atoms with Crippen LogP contribution in [0.2, 0.25) is 5.02 Å². The third-order valence-corrected chi connectivity index (χ3v) is 3.24. The Morgan fingerprint density at radius 2 is 2.16 bits per heavy atom. The number of halogens is 1. The van der Waals surface area contributed by atoms with Crippen molar-refractivity contribution >= 4 is 17.5 Å². The minimum absolute atomic E-state index is 0.195. The first kappa shape index (κ1) is 16.0. The van der Waals surface area contributed by atoms with E-state index in [2.05, 4.69) is 5.32 Å². The lowest BCUT2D eigenvalue weighted by Crippen LogP contribution is -2.36. The van der Waals surface area contributed by atoms with Crippen LogP contribution in [-0.2, 0) is 11.3 Å². The summed E-state index contributed by atoms with van der Waals surface area (Å²) < 4.78 is 0. The molecule has 0 atom stereocenters. The van der Waals surface area contributed by atoms with Crippen molar-refractivity contribution in [1.29, 1.82) is 0 Å². The molecule has 1 N–H and O–H groups in total. The summed E-state index contributed by atoms with van der Waals surface area (Å²) in [7, 11) is 1.90. The molecule has 19 heavy (non-hydrogen) atoms. The zero-order valence-corrected chi connectivity index (χ0v) is 12.7. The predicted octanol–water partition coefficient (Wildman–Crippen LogP) is 3.08. The molecular weight excluding hydrogens is 260 g/mol. The number of benzene rings is 1. The summed E-state index contributed by atoms with van der Waals surface area (Å²) >= 11 is 5.98. The van der Waals surface area contributed by atoms with E-state index in [1.807, 2.05) is 50.1 Å². The molecule has 1 amide bonds. The molecule has 0 aliphatic carbocycles. The highest BCUT2D eigenvalue weighted by atomic mass is 35.5. The fraction of sp³-hybridized carbons (Fsp3) is 0.533. The lowest BCUT2D eigenvalue weighted by Gasteiger charge is -2.27. The van der Waals surface area contributed by atoms with Crippen LogP contribution in [0.4, 0.5) is 0 Å². The van der Waals surface area contributed by atoms with Gasteiger partial charge < -0.3 is 10.2 Å². The maximum Gasteiger partial charge on any atom is 0.223 e. The van der Waals surface area contributed by atoms with E-state index < -0.39 is 0 Å². The molecule has 106 valence electrons. The Bertz CT molecular complexity index is 407. The fourth-order valence-electron chi connectivity index (χ4n) is 1.95. The highest BCUT2D eigenvalue weighted by Crippen LogP contribution is 2.15. The van der Waals surface area contributed by atoms with Crippen LogP contribution in [0.5, 0.6) is 0 Å². The van der Waals surface area contributed by atoms with Crippen LogP contribution in [0.3, 0.4) is 0 Å². The number of carbonyl (C=O) groups is 1. The highest BCUT2D eigenvalue weighted by molar-refractivity contribution is 6.30. The Morgan fingerprint density at radius 1 is 1.42 bits per heavy atom. The quantitative estimate of drug-likeness (QED) is 0.780. The van der Waals surface area contributed by atoms with E-state index in [1.54, 1.807) is 0 Å². The van der Waals surface area contributed by atoms with Crippen molar-refractivity contribution < 1.29 is 4.79 Å². The average molecular weight is 283 g/mol. The Labute approximate surface area is 120 Å². The van der Waals surface area contributed by atoms with Gasteiger partial charge in [0.15, 0.2) is 0 Å². The number of nitrogens with one attached hydrogen (secondary N) is 1. The SMILES string of the molecule is CNCCCC(=O)N(Cc1cccc(Cl)c1)C(C)C. The maximum absolute atomic E-state index is 12.2. The number of carbonyl (C=O) groups excluding carboxylic acids is 1. The second kappa shape index (κ2) is 8.18. The van der Waals surface area contributed by atoms with Crippen LogP contribution in [0.1, 0.15) is 32.3 Å². The predicted molar refractivity (Wildman–Crippen MR) is 80.3 cm³/mol. The summed E-state index contributed by atoms with van der Waals surface area (Å²) in [5.41, 5.74) is 1.07. The molecule has 0 spiro atoms. The Hall–Kier alpha value is -1.06. The number of nitrogens with zero attached hydrogens (tertiary/aromatic N) is 1. The molecular formula is C15H23ClN2O. The van der Waals surface area contributed by atoms with Gasteiger partial charge in [-0.3, -0.25) is 4.79 Å². The number of amides is 1. The Morgan fingerprint density at radius 3 is 2.74 bits per heavy atom. The summed E-state index contributed by atoms with van der Waals surface area (Å²) in [4.78, 5) is 14.1. The van der Waals surface area contributed by atoms with E-state index in [9.17, 15) is 4.79 Å². The molecule has 0 saturated carbocycles. The van der Waals surface area contributed by atoms with Crippen molar-refractivity contribution in [2.24, 2.45) is 0 Å². The molecule has 3 nitrogen and oxygen atoms in total. The molecule has 1 aromatic carbocycles. The second-order valence-electron chi connectivity index (χ2n) is 4.95. The summed E-state index contributed by atoms with van der Waals surface area (Å²) in [6, 6.07) is 7.88. The maximum atomic E-state index is 12.2. The minimum Gasteiger partial charge on any atom is -0.336 e. The smallest absolute Gasteiger partial charge is 0.223 e. The zero-order chi connectivity index (χ0) is 14.3. The molecule has 0 aromatic heterocycles. The van der Waals surface area contributed by atoms with Gasteiger partial charge in [0.25, 0.3) is 0 Å². The second-order valence-corrected chi connectivity index (χ2v) is 5.39. The van der Waals surface area contributed by atoms with E-state index >= 15 is 0 Å². The van der Waals surface area contributed by atoms with Crippen molar-refractivity contribution in [3.63, 3.8) is 0 Å². The first-order chi connectivity index (χ1) is 9.04. The van der Waals surface area contributed by atoms with Gasteiger partial charge in [-0.15, -0.1) is 0 Å². The first-order valence-electron chi connectivity index (χ1n) is 6.73. The molecule has 0 unspecified atom stereocenters. The summed E-state index contributed by atoms with van der Waals surface area (Å²) in [5, 5.41) is 3.77. The number of hydrogen-bond acceptors (Lipinski definition) is 2. The third kappa shape index (κ3) is 5.62. The van der Waals surface area contributed by atoms with Gasteiger partial charge >= 0.3 is 0 Å². The van der Waals surface area contributed by atoms with Gasteiger partial charge in [0.05, 0.1) is 0 Å². The lowest BCUT2D eigenvalue weighted by atomic mass is 10.1. The van der Waals surface area contributed by atoms with E-state index in [0.717, 1.165) is 18.5 Å². The minimum atomic E-state index is 0.195. The zero-order valence-electron chi connectivity index (χ0n) is 11.9. The Balaban J connectivity index is 2.64. The van der Waals surface area contributed by atoms with Crippen LogP contribution in [0.15, 0.2) is 24.3 Å². The fourth-order valence-corrected chi connectivity index (χ4v) is 2.16.